The van der Waals surface area contributed by atoms with Gasteiger partial charge in [0.2, 0.25) is 0 Å². The molecule has 3 aliphatic rings. The highest BCUT2D eigenvalue weighted by Gasteiger charge is 2.39. The highest BCUT2D eigenvalue weighted by molar-refractivity contribution is 5.94. The maximum atomic E-state index is 2.42. The Bertz CT molecular complexity index is 4350. The number of para-hydroxylation sites is 2. The van der Waals surface area contributed by atoms with E-state index in [2.05, 4.69) is 330 Å². The molecule has 83 heavy (non-hydrogen) atoms. The maximum Gasteiger partial charge on any atom is 0.0468 e. The van der Waals surface area contributed by atoms with Gasteiger partial charge in [0, 0.05) is 50.4 Å². The molecule has 0 fully saturated rings. The van der Waals surface area contributed by atoms with E-state index in [1.54, 1.807) is 0 Å². The van der Waals surface area contributed by atoms with Crippen LogP contribution in [-0.4, -0.2) is 0 Å². The van der Waals surface area contributed by atoms with Crippen LogP contribution in [0.3, 0.4) is 0 Å². The Kier molecular flexibility index (Phi) is 11.6. The summed E-state index contributed by atoms with van der Waals surface area (Å²) in [6.07, 6.45) is 9.18. The first-order chi connectivity index (χ1) is 40.4. The number of hydrogen-bond donors (Lipinski definition) is 0. The van der Waals surface area contributed by atoms with E-state index >= 15 is 0 Å². The van der Waals surface area contributed by atoms with Crippen molar-refractivity contribution < 1.29 is 0 Å². The fraction of sp³-hybridized carbons (Fsp3) is 0.111. The Morgan fingerprint density at radius 3 is 0.795 bits per heavy atom. The van der Waals surface area contributed by atoms with Gasteiger partial charge in [-0.2, -0.15) is 0 Å². The highest BCUT2D eigenvalue weighted by atomic mass is 15.1. The van der Waals surface area contributed by atoms with Gasteiger partial charge in [0.15, 0.2) is 0 Å². The summed E-state index contributed by atoms with van der Waals surface area (Å²) in [5.74, 6) is 0. The molecule has 2 heteroatoms. The minimum absolute atomic E-state index is 0.155. The first-order valence-corrected chi connectivity index (χ1v) is 29.3. The molecule has 0 amide bonds. The second kappa shape index (κ2) is 19.2. The summed E-state index contributed by atoms with van der Waals surface area (Å²) in [7, 11) is 0. The topological polar surface area (TPSA) is 6.48 Å². The zero-order valence-corrected chi connectivity index (χ0v) is 48.0. The van der Waals surface area contributed by atoms with E-state index in [0.717, 1.165) is 34.1 Å². The van der Waals surface area contributed by atoms with Gasteiger partial charge >= 0.3 is 0 Å². The zero-order chi connectivity index (χ0) is 56.2. The summed E-state index contributed by atoms with van der Waals surface area (Å²) < 4.78 is 0. The van der Waals surface area contributed by atoms with E-state index in [9.17, 15) is 0 Å². The lowest BCUT2D eigenvalue weighted by Gasteiger charge is -2.28. The third-order valence-electron chi connectivity index (χ3n) is 18.6. The molecule has 0 radical (unpaired) electrons. The predicted molar refractivity (Wildman–Crippen MR) is 354 cm³/mol. The smallest absolute Gasteiger partial charge is 0.0468 e. The number of hydrogen-bond acceptors (Lipinski definition) is 2. The molecule has 12 aromatic carbocycles. The largest absolute Gasteiger partial charge is 0.310 e. The van der Waals surface area contributed by atoms with Crippen LogP contribution in [0.15, 0.2) is 255 Å². The molecule has 2 nitrogen and oxygen atoms in total. The Balaban J connectivity index is 0.665. The Morgan fingerprint density at radius 2 is 0.470 bits per heavy atom. The number of fused-ring (bicyclic) bond motifs is 11. The van der Waals surface area contributed by atoms with Crippen LogP contribution in [-0.2, 0) is 16.2 Å². The van der Waals surface area contributed by atoms with Crippen LogP contribution >= 0.6 is 0 Å². The molecule has 0 unspecified atom stereocenters. The lowest BCUT2D eigenvalue weighted by atomic mass is 9.81. The van der Waals surface area contributed by atoms with Gasteiger partial charge in [-0.05, 0) is 183 Å². The van der Waals surface area contributed by atoms with Gasteiger partial charge in [-0.15, -0.1) is 0 Å². The van der Waals surface area contributed by atoms with Gasteiger partial charge in [-0.25, -0.2) is 0 Å². The second-order valence-electron chi connectivity index (χ2n) is 24.6. The van der Waals surface area contributed by atoms with Gasteiger partial charge in [0.1, 0.15) is 0 Å². The standard InChI is InChI=1S/C81H64N2/c1-79(2)73-45-53(25-27-55-31-41-69-71-43-37-65(51-77(71)80(3,4)75(69)47-55)82(61-21-9-7-10-22-61)63-35-33-57-17-13-15-19-59(57)49-63)29-39-67(73)68-40-30-54(46-74(68)79)26-28-56-32-42-70-72-44-38-66(52-78(72)81(5,6)76(70)48-56)83(62-23-11-8-12-24-62)64-36-34-58-18-14-16-20-60(58)50-64/h7-52H,1-6H3. The van der Waals surface area contributed by atoms with Crippen molar-refractivity contribution in [3.05, 3.63) is 310 Å². The van der Waals surface area contributed by atoms with E-state index in [-0.39, 0.29) is 16.2 Å². The molecule has 15 rings (SSSR count). The maximum absolute atomic E-state index is 2.42. The van der Waals surface area contributed by atoms with Crippen LogP contribution < -0.4 is 9.80 Å². The molecular formula is C81H64N2. The normalized spacial score (nSPS) is 14.6. The zero-order valence-electron chi connectivity index (χ0n) is 48.0. The Labute approximate surface area is 488 Å². The van der Waals surface area contributed by atoms with Gasteiger partial charge in [-0.1, -0.05) is 248 Å². The molecule has 398 valence electrons. The van der Waals surface area contributed by atoms with Gasteiger partial charge < -0.3 is 9.80 Å². The van der Waals surface area contributed by atoms with E-state index in [0.29, 0.717) is 0 Å². The van der Waals surface area contributed by atoms with Crippen LogP contribution in [0.25, 0.3) is 79.2 Å². The van der Waals surface area contributed by atoms with Gasteiger partial charge in [0.05, 0.1) is 0 Å². The van der Waals surface area contributed by atoms with Crippen molar-refractivity contribution in [1.29, 1.82) is 0 Å². The van der Waals surface area contributed by atoms with E-state index in [4.69, 9.17) is 0 Å². The Morgan fingerprint density at radius 1 is 0.217 bits per heavy atom. The van der Waals surface area contributed by atoms with E-state index in [1.165, 1.54) is 111 Å². The van der Waals surface area contributed by atoms with Crippen molar-refractivity contribution in [2.45, 2.75) is 57.8 Å². The van der Waals surface area contributed by atoms with Crippen LogP contribution in [0.4, 0.5) is 34.1 Å². The molecule has 0 heterocycles. The van der Waals surface area contributed by atoms with Crippen molar-refractivity contribution in [3.8, 4) is 33.4 Å². The van der Waals surface area contributed by atoms with Crippen molar-refractivity contribution in [1.82, 2.24) is 0 Å². The lowest BCUT2D eigenvalue weighted by Crippen LogP contribution is -2.16. The molecule has 0 saturated carbocycles. The molecule has 0 atom stereocenters. The van der Waals surface area contributed by atoms with Crippen LogP contribution in [0.1, 0.15) is 97.2 Å². The molecule has 0 bridgehead atoms. The molecule has 0 aromatic heterocycles. The summed E-state index contributed by atoms with van der Waals surface area (Å²) in [5, 5.41) is 4.95. The molecule has 0 saturated heterocycles. The molecule has 3 aliphatic carbocycles. The van der Waals surface area contributed by atoms with Gasteiger partial charge in [-0.3, -0.25) is 0 Å². The average molecular weight is 1070 g/mol. The summed E-state index contributed by atoms with van der Waals surface area (Å²) in [6.45, 7) is 14.3. The quantitative estimate of drug-likeness (QED) is 0.126. The summed E-state index contributed by atoms with van der Waals surface area (Å²) in [5.41, 5.74) is 27.3. The minimum atomic E-state index is -0.185. The number of rotatable bonds is 10. The lowest BCUT2D eigenvalue weighted by molar-refractivity contribution is 0.660. The van der Waals surface area contributed by atoms with Crippen molar-refractivity contribution in [2.75, 3.05) is 9.80 Å². The third-order valence-corrected chi connectivity index (χ3v) is 18.6. The third kappa shape index (κ3) is 8.38. The molecule has 0 N–H and O–H groups in total. The van der Waals surface area contributed by atoms with Crippen molar-refractivity contribution >= 4 is 80.0 Å². The molecule has 0 aliphatic heterocycles. The first kappa shape index (κ1) is 50.2. The second-order valence-corrected chi connectivity index (χ2v) is 24.6. The number of anilines is 6. The first-order valence-electron chi connectivity index (χ1n) is 29.3. The number of nitrogens with zero attached hydrogens (tertiary/aromatic N) is 2. The SMILES string of the molecule is CC1(C)c2cc(C=Cc3ccc4c(c3)C(C)(C)c3cc(N(c5ccccc5)c5ccc6ccccc6c5)ccc3-4)ccc2-c2ccc(C=Cc3ccc4c(c3)C(C)(C)c3cc(N(c5ccccc5)c5ccc6ccccc6c5)ccc3-4)cc21. The summed E-state index contributed by atoms with van der Waals surface area (Å²) >= 11 is 0. The molecule has 0 spiro atoms. The van der Waals surface area contributed by atoms with Crippen LogP contribution in [0, 0.1) is 0 Å². The Hall–Kier alpha value is -9.76. The van der Waals surface area contributed by atoms with Crippen LogP contribution in [0.2, 0.25) is 0 Å². The predicted octanol–water partition coefficient (Wildman–Crippen LogP) is 22.2. The average Bonchev–Trinajstić information content (AvgIpc) is 4.02. The fourth-order valence-electron chi connectivity index (χ4n) is 14.0. The van der Waals surface area contributed by atoms with Crippen molar-refractivity contribution in [2.24, 2.45) is 0 Å². The molecule has 12 aromatic rings. The van der Waals surface area contributed by atoms with E-state index < -0.39 is 0 Å². The van der Waals surface area contributed by atoms with Crippen molar-refractivity contribution in [3.63, 3.8) is 0 Å². The van der Waals surface area contributed by atoms with Gasteiger partial charge in [0.25, 0.3) is 0 Å². The minimum Gasteiger partial charge on any atom is -0.310 e. The molecular weight excluding hydrogens is 1000 g/mol. The monoisotopic (exact) mass is 1060 g/mol. The fourth-order valence-corrected chi connectivity index (χ4v) is 14.0. The number of benzene rings is 12. The van der Waals surface area contributed by atoms with E-state index in [1.807, 2.05) is 0 Å². The summed E-state index contributed by atoms with van der Waals surface area (Å²) in [6, 6.07) is 94.6. The summed E-state index contributed by atoms with van der Waals surface area (Å²) in [4.78, 5) is 4.79. The highest BCUT2D eigenvalue weighted by Crippen LogP contribution is 2.54. The van der Waals surface area contributed by atoms with Crippen LogP contribution in [0.5, 0.6) is 0 Å².